The van der Waals surface area contributed by atoms with E-state index in [2.05, 4.69) is 9.68 Å². The maximum atomic E-state index is 11.6. The molecule has 2 fully saturated rings. The van der Waals surface area contributed by atoms with Gasteiger partial charge in [-0.2, -0.15) is 0 Å². The minimum absolute atomic E-state index is 0.0181. The Morgan fingerprint density at radius 3 is 1.35 bits per heavy atom. The standard InChI is InChI=1S/C22H28N2O13/c25-15-3-4-16(26)23(15)36-21(31)9-7-19(29)34-12-2-1-11-33-13-14-35-20(30)8-10-22(32)37-24-17(27)5-6-18(24)28/h1-14H2. The number of carbonyl (C=O) groups excluding carboxylic acids is 8. The summed E-state index contributed by atoms with van der Waals surface area (Å²) in [5.74, 6) is -5.50. The normalized spacial score (nSPS) is 15.2. The minimum atomic E-state index is -0.896. The number of imide groups is 2. The lowest BCUT2D eigenvalue weighted by Crippen LogP contribution is -2.32. The van der Waals surface area contributed by atoms with Crippen LogP contribution in [0.5, 0.6) is 0 Å². The maximum Gasteiger partial charge on any atom is 0.333 e. The summed E-state index contributed by atoms with van der Waals surface area (Å²) in [5, 5.41) is 0.818. The summed E-state index contributed by atoms with van der Waals surface area (Å²) >= 11 is 0. The van der Waals surface area contributed by atoms with Gasteiger partial charge in [-0.1, -0.05) is 0 Å². The van der Waals surface area contributed by atoms with Gasteiger partial charge in [0, 0.05) is 32.3 Å². The molecule has 0 bridgehead atoms. The Morgan fingerprint density at radius 2 is 0.892 bits per heavy atom. The summed E-state index contributed by atoms with van der Waals surface area (Å²) in [6.45, 7) is 0.469. The molecule has 4 amide bonds. The van der Waals surface area contributed by atoms with Crippen molar-refractivity contribution in [2.24, 2.45) is 0 Å². The first-order valence-electron chi connectivity index (χ1n) is 11.7. The second-order valence-electron chi connectivity index (χ2n) is 7.85. The lowest BCUT2D eigenvalue weighted by atomic mass is 10.3. The molecule has 2 heterocycles. The van der Waals surface area contributed by atoms with Crippen molar-refractivity contribution in [1.29, 1.82) is 0 Å². The van der Waals surface area contributed by atoms with E-state index in [-0.39, 0.29) is 71.2 Å². The SMILES string of the molecule is O=C(CCC(=O)ON1C(=O)CCC1=O)OCCCCOCCOC(=O)CCC(=O)ON1C(=O)CCC1=O. The largest absolute Gasteiger partial charge is 0.466 e. The van der Waals surface area contributed by atoms with Crippen LogP contribution in [-0.2, 0) is 62.2 Å². The highest BCUT2D eigenvalue weighted by Gasteiger charge is 2.33. The Kier molecular flexibility index (Phi) is 12.1. The molecule has 0 spiro atoms. The fraction of sp³-hybridized carbons (Fsp3) is 0.636. The molecule has 0 aromatic heterocycles. The van der Waals surface area contributed by atoms with Gasteiger partial charge in [-0.25, -0.2) is 9.59 Å². The third-order valence-electron chi connectivity index (χ3n) is 4.90. The number of ether oxygens (including phenoxy) is 3. The van der Waals surface area contributed by atoms with Crippen molar-refractivity contribution in [1.82, 2.24) is 10.1 Å². The fourth-order valence-electron chi connectivity index (χ4n) is 2.97. The van der Waals surface area contributed by atoms with Crippen LogP contribution in [0.4, 0.5) is 0 Å². The van der Waals surface area contributed by atoms with Gasteiger partial charge in [-0.3, -0.25) is 28.8 Å². The van der Waals surface area contributed by atoms with Crippen LogP contribution in [0.1, 0.15) is 64.2 Å². The zero-order chi connectivity index (χ0) is 27.2. The quantitative estimate of drug-likeness (QED) is 0.144. The van der Waals surface area contributed by atoms with Crippen molar-refractivity contribution in [3.05, 3.63) is 0 Å². The highest BCUT2D eigenvalue weighted by Crippen LogP contribution is 2.14. The van der Waals surface area contributed by atoms with Crippen LogP contribution in [0.2, 0.25) is 0 Å². The molecule has 2 rings (SSSR count). The molecular weight excluding hydrogens is 500 g/mol. The first-order chi connectivity index (χ1) is 17.7. The van der Waals surface area contributed by atoms with E-state index in [0.29, 0.717) is 29.6 Å². The number of carbonyl (C=O) groups is 8. The number of hydrogen-bond donors (Lipinski definition) is 0. The summed E-state index contributed by atoms with van der Waals surface area (Å²) < 4.78 is 15.1. The van der Waals surface area contributed by atoms with Crippen LogP contribution in [0.3, 0.4) is 0 Å². The Morgan fingerprint density at radius 1 is 0.514 bits per heavy atom. The van der Waals surface area contributed by atoms with Gasteiger partial charge in [0.05, 0.1) is 38.9 Å². The third kappa shape index (κ3) is 10.7. The second-order valence-corrected chi connectivity index (χ2v) is 7.85. The summed E-state index contributed by atoms with van der Waals surface area (Å²) in [5.41, 5.74) is 0. The molecule has 15 nitrogen and oxygen atoms in total. The average Bonchev–Trinajstić information content (AvgIpc) is 3.35. The van der Waals surface area contributed by atoms with E-state index in [1.54, 1.807) is 0 Å². The molecular formula is C22H28N2O13. The van der Waals surface area contributed by atoms with Crippen molar-refractivity contribution in [2.45, 2.75) is 64.2 Å². The monoisotopic (exact) mass is 528 g/mol. The number of nitrogens with zero attached hydrogens (tertiary/aromatic N) is 2. The second kappa shape index (κ2) is 15.3. The molecule has 2 aliphatic heterocycles. The molecule has 0 aliphatic carbocycles. The van der Waals surface area contributed by atoms with Crippen molar-refractivity contribution in [2.75, 3.05) is 26.4 Å². The van der Waals surface area contributed by atoms with Crippen LogP contribution in [-0.4, -0.2) is 84.1 Å². The summed E-state index contributed by atoms with van der Waals surface area (Å²) in [6.07, 6.45) is -0.288. The Hall–Kier alpha value is -3.88. The topological polar surface area (TPSA) is 189 Å². The van der Waals surface area contributed by atoms with Gasteiger partial charge < -0.3 is 23.9 Å². The molecule has 0 saturated carbocycles. The third-order valence-corrected chi connectivity index (χ3v) is 4.90. The first-order valence-corrected chi connectivity index (χ1v) is 11.7. The van der Waals surface area contributed by atoms with E-state index >= 15 is 0 Å². The highest BCUT2D eigenvalue weighted by molar-refractivity contribution is 6.02. The van der Waals surface area contributed by atoms with Gasteiger partial charge in [-0.05, 0) is 12.8 Å². The van der Waals surface area contributed by atoms with Crippen LogP contribution in [0, 0.1) is 0 Å². The maximum absolute atomic E-state index is 11.6. The predicted octanol–water partition coefficient (Wildman–Crippen LogP) is -0.356. The average molecular weight is 528 g/mol. The smallest absolute Gasteiger partial charge is 0.333 e. The van der Waals surface area contributed by atoms with Gasteiger partial charge in [0.15, 0.2) is 0 Å². The number of hydroxylamine groups is 4. The number of unbranched alkanes of at least 4 members (excludes halogenated alkanes) is 1. The summed E-state index contributed by atoms with van der Waals surface area (Å²) in [7, 11) is 0. The number of amides is 4. The molecule has 2 aliphatic rings. The molecule has 0 radical (unpaired) electrons. The van der Waals surface area contributed by atoms with E-state index in [0.717, 1.165) is 0 Å². The zero-order valence-electron chi connectivity index (χ0n) is 20.1. The van der Waals surface area contributed by atoms with E-state index in [9.17, 15) is 38.4 Å². The highest BCUT2D eigenvalue weighted by atomic mass is 16.7. The van der Waals surface area contributed by atoms with Crippen molar-refractivity contribution < 1.29 is 62.2 Å². The van der Waals surface area contributed by atoms with Crippen LogP contribution in [0.25, 0.3) is 0 Å². The van der Waals surface area contributed by atoms with Gasteiger partial charge in [0.2, 0.25) is 0 Å². The Balaban J connectivity index is 1.39. The number of hydrogen-bond acceptors (Lipinski definition) is 13. The van der Waals surface area contributed by atoms with Gasteiger partial charge in [0.1, 0.15) is 6.61 Å². The summed E-state index contributed by atoms with van der Waals surface area (Å²) in [6, 6.07) is 0. The molecule has 37 heavy (non-hydrogen) atoms. The zero-order valence-corrected chi connectivity index (χ0v) is 20.1. The first kappa shape index (κ1) is 29.4. The number of rotatable bonds is 16. The van der Waals surface area contributed by atoms with Gasteiger partial charge >= 0.3 is 23.9 Å². The van der Waals surface area contributed by atoms with E-state index in [1.807, 2.05) is 0 Å². The van der Waals surface area contributed by atoms with Crippen molar-refractivity contribution in [3.8, 4) is 0 Å². The molecule has 0 aromatic rings. The van der Waals surface area contributed by atoms with E-state index in [1.165, 1.54) is 0 Å². The van der Waals surface area contributed by atoms with Crippen LogP contribution in [0.15, 0.2) is 0 Å². The van der Waals surface area contributed by atoms with Crippen LogP contribution >= 0.6 is 0 Å². The minimum Gasteiger partial charge on any atom is -0.466 e. The van der Waals surface area contributed by atoms with E-state index in [4.69, 9.17) is 14.2 Å². The molecule has 15 heteroatoms. The van der Waals surface area contributed by atoms with Crippen molar-refractivity contribution in [3.63, 3.8) is 0 Å². The lowest BCUT2D eigenvalue weighted by Gasteiger charge is -2.12. The Labute approximate surface area is 211 Å². The summed E-state index contributed by atoms with van der Waals surface area (Å²) in [4.78, 5) is 101. The van der Waals surface area contributed by atoms with Gasteiger partial charge in [-0.15, -0.1) is 10.1 Å². The molecule has 0 aromatic carbocycles. The van der Waals surface area contributed by atoms with Gasteiger partial charge in [0.25, 0.3) is 23.6 Å². The lowest BCUT2D eigenvalue weighted by molar-refractivity contribution is -0.197. The molecule has 2 saturated heterocycles. The molecule has 0 N–H and O–H groups in total. The molecule has 0 atom stereocenters. The van der Waals surface area contributed by atoms with Crippen molar-refractivity contribution >= 4 is 47.5 Å². The molecule has 0 unspecified atom stereocenters. The number of esters is 2. The Bertz CT molecular complexity index is 812. The fourth-order valence-corrected chi connectivity index (χ4v) is 2.97. The van der Waals surface area contributed by atoms with E-state index < -0.39 is 47.5 Å². The predicted molar refractivity (Wildman–Crippen MR) is 115 cm³/mol. The molecule has 204 valence electrons. The van der Waals surface area contributed by atoms with Crippen LogP contribution < -0.4 is 0 Å².